The van der Waals surface area contributed by atoms with Gasteiger partial charge in [0.25, 0.3) is 0 Å². The zero-order valence-electron chi connectivity index (χ0n) is 16.0. The molecular formula is C21H24O9. The van der Waals surface area contributed by atoms with Gasteiger partial charge in [-0.2, -0.15) is 0 Å². The second kappa shape index (κ2) is 8.29. The minimum absolute atomic E-state index is 0.125. The number of ether oxygens (including phenoxy) is 3. The molecule has 6 N–H and O–H groups in total. The average molecular weight is 420 g/mol. The molecule has 1 fully saturated rings. The van der Waals surface area contributed by atoms with Crippen LogP contribution in [-0.4, -0.2) is 68.0 Å². The van der Waals surface area contributed by atoms with Crippen molar-refractivity contribution >= 4 is 0 Å². The quantitative estimate of drug-likeness (QED) is 0.412. The minimum atomic E-state index is -1.57. The fourth-order valence-corrected chi connectivity index (χ4v) is 3.76. The molecule has 1 unspecified atom stereocenters. The Morgan fingerprint density at radius 3 is 2.37 bits per heavy atom. The molecule has 2 aliphatic heterocycles. The molecule has 2 aliphatic rings. The molecule has 162 valence electrons. The topological polar surface area (TPSA) is 149 Å². The van der Waals surface area contributed by atoms with Crippen LogP contribution in [0.5, 0.6) is 23.0 Å². The first kappa shape index (κ1) is 20.7. The van der Waals surface area contributed by atoms with Crippen molar-refractivity contribution in [3.8, 4) is 23.0 Å². The van der Waals surface area contributed by atoms with Crippen LogP contribution in [0.25, 0.3) is 0 Å². The molecule has 1 saturated heterocycles. The molecule has 0 radical (unpaired) electrons. The first-order valence-electron chi connectivity index (χ1n) is 9.66. The number of aliphatic hydroxyl groups excluding tert-OH is 4. The normalized spacial score (nSPS) is 30.9. The Balaban J connectivity index is 1.57. The molecule has 9 nitrogen and oxygen atoms in total. The average Bonchev–Trinajstić information content (AvgIpc) is 2.74. The van der Waals surface area contributed by atoms with E-state index in [0.717, 1.165) is 5.56 Å². The molecule has 9 heteroatoms. The van der Waals surface area contributed by atoms with E-state index in [0.29, 0.717) is 24.2 Å². The van der Waals surface area contributed by atoms with E-state index in [1.54, 1.807) is 24.3 Å². The van der Waals surface area contributed by atoms with Crippen molar-refractivity contribution in [1.29, 1.82) is 0 Å². The number of rotatable bonds is 4. The Morgan fingerprint density at radius 1 is 0.933 bits per heavy atom. The molecular weight excluding hydrogens is 396 g/mol. The summed E-state index contributed by atoms with van der Waals surface area (Å²) in [7, 11) is 0. The molecule has 6 atom stereocenters. The second-order valence-electron chi connectivity index (χ2n) is 7.47. The van der Waals surface area contributed by atoms with Gasteiger partial charge in [-0.15, -0.1) is 0 Å². The third-order valence-corrected chi connectivity index (χ3v) is 5.44. The highest BCUT2D eigenvalue weighted by molar-refractivity contribution is 5.51. The second-order valence-corrected chi connectivity index (χ2v) is 7.47. The smallest absolute Gasteiger partial charge is 0.229 e. The minimum Gasteiger partial charge on any atom is -0.508 e. The summed E-state index contributed by atoms with van der Waals surface area (Å²) in [6, 6.07) is 9.49. The summed E-state index contributed by atoms with van der Waals surface area (Å²) in [4.78, 5) is 0. The van der Waals surface area contributed by atoms with Crippen molar-refractivity contribution in [3.63, 3.8) is 0 Å². The van der Waals surface area contributed by atoms with E-state index in [4.69, 9.17) is 14.2 Å². The zero-order chi connectivity index (χ0) is 21.4. The molecule has 2 aromatic carbocycles. The Hall–Kier alpha value is -2.56. The van der Waals surface area contributed by atoms with Crippen molar-refractivity contribution < 1.29 is 44.8 Å². The van der Waals surface area contributed by atoms with Crippen LogP contribution in [0.15, 0.2) is 36.4 Å². The number of phenols is 2. The van der Waals surface area contributed by atoms with Gasteiger partial charge in [-0.25, -0.2) is 0 Å². The molecule has 4 rings (SSSR count). The lowest BCUT2D eigenvalue weighted by Crippen LogP contribution is -2.60. The van der Waals surface area contributed by atoms with E-state index < -0.39 is 37.3 Å². The van der Waals surface area contributed by atoms with E-state index in [-0.39, 0.29) is 23.4 Å². The van der Waals surface area contributed by atoms with Gasteiger partial charge in [0.1, 0.15) is 53.5 Å². The number of aliphatic hydroxyl groups is 4. The SMILES string of the molecule is OC[C@H]1O[C@@H](Oc2cc(O)cc3c2CCC(c2ccc(O)cc2)O3)[C@H](O)[C@@H](O)[C@@H]1O. The highest BCUT2D eigenvalue weighted by Crippen LogP contribution is 2.43. The number of hydrogen-bond acceptors (Lipinski definition) is 9. The monoisotopic (exact) mass is 420 g/mol. The van der Waals surface area contributed by atoms with Crippen LogP contribution in [0.3, 0.4) is 0 Å². The summed E-state index contributed by atoms with van der Waals surface area (Å²) < 4.78 is 17.1. The molecule has 0 amide bonds. The fourth-order valence-electron chi connectivity index (χ4n) is 3.76. The van der Waals surface area contributed by atoms with E-state index in [9.17, 15) is 30.6 Å². The van der Waals surface area contributed by atoms with Gasteiger partial charge in [0.15, 0.2) is 0 Å². The summed E-state index contributed by atoms with van der Waals surface area (Å²) in [5.41, 5.74) is 1.53. The summed E-state index contributed by atoms with van der Waals surface area (Å²) in [6.07, 6.45) is -6.21. The van der Waals surface area contributed by atoms with Crippen LogP contribution in [0, 0.1) is 0 Å². The molecule has 2 aromatic rings. The lowest BCUT2D eigenvalue weighted by atomic mass is 9.96. The van der Waals surface area contributed by atoms with Gasteiger partial charge in [0, 0.05) is 17.7 Å². The third-order valence-electron chi connectivity index (χ3n) is 5.44. The Morgan fingerprint density at radius 2 is 1.67 bits per heavy atom. The van der Waals surface area contributed by atoms with Gasteiger partial charge in [-0.1, -0.05) is 12.1 Å². The van der Waals surface area contributed by atoms with Crippen LogP contribution in [0.4, 0.5) is 0 Å². The third kappa shape index (κ3) is 3.90. The van der Waals surface area contributed by atoms with Gasteiger partial charge >= 0.3 is 0 Å². The maximum Gasteiger partial charge on any atom is 0.229 e. The summed E-state index contributed by atoms with van der Waals surface area (Å²) >= 11 is 0. The molecule has 0 aliphatic carbocycles. The van der Waals surface area contributed by atoms with Crippen molar-refractivity contribution in [2.45, 2.75) is 49.7 Å². The largest absolute Gasteiger partial charge is 0.508 e. The first-order chi connectivity index (χ1) is 14.4. The molecule has 30 heavy (non-hydrogen) atoms. The Kier molecular flexibility index (Phi) is 5.72. The fraction of sp³-hybridized carbons (Fsp3) is 0.429. The molecule has 2 heterocycles. The summed E-state index contributed by atoms with van der Waals surface area (Å²) in [5.74, 6) is 0.639. The standard InChI is InChI=1S/C21H24O9/c22-9-17-18(25)19(26)20(27)21(30-17)29-16-8-12(24)7-15-13(16)5-6-14(28-15)10-1-3-11(23)4-2-10/h1-4,7-8,14,17-27H,5-6,9H2/t14?,17-,18-,19+,20-,21-/m1/s1. The van der Waals surface area contributed by atoms with Crippen LogP contribution in [0.2, 0.25) is 0 Å². The predicted molar refractivity (Wildman–Crippen MR) is 102 cm³/mol. The molecule has 0 aromatic heterocycles. The maximum atomic E-state index is 10.2. The lowest BCUT2D eigenvalue weighted by Gasteiger charge is -2.40. The van der Waals surface area contributed by atoms with Gasteiger partial charge in [0.05, 0.1) is 6.61 Å². The van der Waals surface area contributed by atoms with Crippen LogP contribution in [-0.2, 0) is 11.2 Å². The first-order valence-corrected chi connectivity index (χ1v) is 9.66. The zero-order valence-corrected chi connectivity index (χ0v) is 16.0. The number of benzene rings is 2. The van der Waals surface area contributed by atoms with Crippen LogP contribution in [0.1, 0.15) is 23.7 Å². The highest BCUT2D eigenvalue weighted by Gasteiger charge is 2.45. The maximum absolute atomic E-state index is 10.2. The molecule has 0 bridgehead atoms. The lowest BCUT2D eigenvalue weighted by molar-refractivity contribution is -0.277. The van der Waals surface area contributed by atoms with Gasteiger partial charge < -0.3 is 44.8 Å². The van der Waals surface area contributed by atoms with Gasteiger partial charge in [-0.3, -0.25) is 0 Å². The van der Waals surface area contributed by atoms with E-state index >= 15 is 0 Å². The van der Waals surface area contributed by atoms with Crippen molar-refractivity contribution in [2.24, 2.45) is 0 Å². The number of aromatic hydroxyl groups is 2. The van der Waals surface area contributed by atoms with Crippen LogP contribution >= 0.6 is 0 Å². The Bertz CT molecular complexity index is 883. The number of fused-ring (bicyclic) bond motifs is 1. The summed E-state index contributed by atoms with van der Waals surface area (Å²) in [5, 5.41) is 59.0. The van der Waals surface area contributed by atoms with E-state index in [2.05, 4.69) is 0 Å². The molecule has 0 spiro atoms. The Labute approximate surface area is 172 Å². The number of phenolic OH excluding ortho intramolecular Hbond substituents is 2. The molecule has 0 saturated carbocycles. The van der Waals surface area contributed by atoms with Gasteiger partial charge in [0.2, 0.25) is 6.29 Å². The van der Waals surface area contributed by atoms with E-state index in [1.165, 1.54) is 12.1 Å². The van der Waals surface area contributed by atoms with Crippen LogP contribution < -0.4 is 9.47 Å². The predicted octanol–water partition coefficient (Wildman–Crippen LogP) is 0.343. The van der Waals surface area contributed by atoms with Crippen molar-refractivity contribution in [2.75, 3.05) is 6.61 Å². The van der Waals surface area contributed by atoms with E-state index in [1.807, 2.05) is 0 Å². The highest BCUT2D eigenvalue weighted by atomic mass is 16.7. The van der Waals surface area contributed by atoms with Crippen molar-refractivity contribution in [1.82, 2.24) is 0 Å². The summed E-state index contributed by atoms with van der Waals surface area (Å²) in [6.45, 7) is -0.569. The van der Waals surface area contributed by atoms with Gasteiger partial charge in [-0.05, 0) is 30.5 Å². The van der Waals surface area contributed by atoms with Crippen molar-refractivity contribution in [3.05, 3.63) is 47.5 Å². The number of hydrogen-bond donors (Lipinski definition) is 6.